The minimum absolute atomic E-state index is 0.0706. The number of aliphatic hydroxyl groups excluding tert-OH is 2. The van der Waals surface area contributed by atoms with Gasteiger partial charge in [-0.25, -0.2) is 0 Å². The summed E-state index contributed by atoms with van der Waals surface area (Å²) in [6.07, 6.45) is 24.6. The van der Waals surface area contributed by atoms with Crippen molar-refractivity contribution in [3.63, 3.8) is 0 Å². The Morgan fingerprint density at radius 3 is 1.54 bits per heavy atom. The van der Waals surface area contributed by atoms with Gasteiger partial charge in [0.15, 0.2) is 11.5 Å². The standard InChI is InChI=1S/C35H63NO5/c1-4-6-8-10-12-14-16-18-20-22-26-40-33-25-24-31(35(39)36(3)29-32(38)30-37)28-34(33)41-27-23-21-19-17-15-13-11-9-7-5-2/h24-25,28,32,37-38H,4-23,26-27,29-30H2,1-3H3. The van der Waals surface area contributed by atoms with Crippen LogP contribution in [0.25, 0.3) is 0 Å². The molecule has 6 nitrogen and oxygen atoms in total. The number of carbonyl (C=O) groups excluding carboxylic acids is 1. The van der Waals surface area contributed by atoms with Gasteiger partial charge in [-0.15, -0.1) is 0 Å². The number of carbonyl (C=O) groups is 1. The Kier molecular flexibility index (Phi) is 23.5. The molecule has 0 heterocycles. The van der Waals surface area contributed by atoms with E-state index in [0.717, 1.165) is 25.7 Å². The minimum atomic E-state index is -0.959. The Labute approximate surface area is 252 Å². The molecule has 0 radical (unpaired) electrons. The van der Waals surface area contributed by atoms with Crippen molar-refractivity contribution in [2.45, 2.75) is 148 Å². The van der Waals surface area contributed by atoms with Crippen LogP contribution in [-0.2, 0) is 0 Å². The molecule has 0 fully saturated rings. The van der Waals surface area contributed by atoms with E-state index < -0.39 is 6.10 Å². The Morgan fingerprint density at radius 2 is 1.10 bits per heavy atom. The summed E-state index contributed by atoms with van der Waals surface area (Å²) < 4.78 is 12.3. The van der Waals surface area contributed by atoms with Gasteiger partial charge >= 0.3 is 0 Å². The van der Waals surface area contributed by atoms with Crippen molar-refractivity contribution >= 4 is 5.91 Å². The van der Waals surface area contributed by atoms with Crippen LogP contribution in [0.3, 0.4) is 0 Å². The van der Waals surface area contributed by atoms with Crippen LogP contribution in [0.2, 0.25) is 0 Å². The summed E-state index contributed by atoms with van der Waals surface area (Å²) >= 11 is 0. The van der Waals surface area contributed by atoms with Crippen molar-refractivity contribution in [1.82, 2.24) is 4.90 Å². The van der Waals surface area contributed by atoms with E-state index in [1.54, 1.807) is 19.2 Å². The van der Waals surface area contributed by atoms with Gasteiger partial charge in [-0.3, -0.25) is 4.79 Å². The second-order valence-corrected chi connectivity index (χ2v) is 11.7. The molecule has 1 amide bonds. The lowest BCUT2D eigenvalue weighted by Crippen LogP contribution is -2.35. The van der Waals surface area contributed by atoms with Gasteiger partial charge in [-0.2, -0.15) is 0 Å². The van der Waals surface area contributed by atoms with Gasteiger partial charge in [0.05, 0.1) is 25.9 Å². The van der Waals surface area contributed by atoms with Gasteiger partial charge < -0.3 is 24.6 Å². The zero-order valence-electron chi connectivity index (χ0n) is 26.8. The van der Waals surface area contributed by atoms with E-state index in [4.69, 9.17) is 14.6 Å². The maximum atomic E-state index is 12.9. The number of hydrogen-bond donors (Lipinski definition) is 2. The van der Waals surface area contributed by atoms with Crippen LogP contribution >= 0.6 is 0 Å². The molecule has 1 rings (SSSR count). The smallest absolute Gasteiger partial charge is 0.253 e. The van der Waals surface area contributed by atoms with Crippen molar-refractivity contribution in [1.29, 1.82) is 0 Å². The fraction of sp³-hybridized carbons (Fsp3) is 0.800. The second kappa shape index (κ2) is 25.9. The van der Waals surface area contributed by atoms with Gasteiger partial charge in [0, 0.05) is 19.2 Å². The lowest BCUT2D eigenvalue weighted by Gasteiger charge is -2.21. The topological polar surface area (TPSA) is 79.2 Å². The largest absolute Gasteiger partial charge is 0.490 e. The lowest BCUT2D eigenvalue weighted by atomic mass is 10.1. The highest BCUT2D eigenvalue weighted by molar-refractivity contribution is 5.94. The molecule has 1 aromatic rings. The number of rotatable bonds is 28. The maximum Gasteiger partial charge on any atom is 0.253 e. The van der Waals surface area contributed by atoms with Crippen molar-refractivity contribution in [3.8, 4) is 11.5 Å². The van der Waals surface area contributed by atoms with E-state index in [1.807, 2.05) is 6.07 Å². The number of hydrogen-bond acceptors (Lipinski definition) is 5. The Bertz CT molecular complexity index is 756. The zero-order chi connectivity index (χ0) is 30.0. The first-order chi connectivity index (χ1) is 20.0. The van der Waals surface area contributed by atoms with Crippen molar-refractivity contribution in [2.75, 3.05) is 33.4 Å². The van der Waals surface area contributed by atoms with Gasteiger partial charge in [0.1, 0.15) is 0 Å². The first kappa shape index (κ1) is 37.2. The van der Waals surface area contributed by atoms with Gasteiger partial charge in [0.2, 0.25) is 0 Å². The van der Waals surface area contributed by atoms with Gasteiger partial charge in [-0.1, -0.05) is 129 Å². The molecule has 0 saturated carbocycles. The van der Waals surface area contributed by atoms with E-state index in [-0.39, 0.29) is 19.1 Å². The molecular formula is C35H63NO5. The number of aliphatic hydroxyl groups is 2. The van der Waals surface area contributed by atoms with Crippen LogP contribution in [0.15, 0.2) is 18.2 Å². The van der Waals surface area contributed by atoms with E-state index in [2.05, 4.69) is 13.8 Å². The molecular weight excluding hydrogens is 514 g/mol. The highest BCUT2D eigenvalue weighted by Gasteiger charge is 2.17. The fourth-order valence-corrected chi connectivity index (χ4v) is 5.09. The molecule has 0 bridgehead atoms. The van der Waals surface area contributed by atoms with Crippen LogP contribution in [0.5, 0.6) is 11.5 Å². The normalized spacial score (nSPS) is 11.9. The van der Waals surface area contributed by atoms with Crippen molar-refractivity contribution < 1.29 is 24.5 Å². The quantitative estimate of drug-likeness (QED) is 0.0974. The van der Waals surface area contributed by atoms with E-state index >= 15 is 0 Å². The summed E-state index contributed by atoms with van der Waals surface area (Å²) in [5.41, 5.74) is 0.488. The maximum absolute atomic E-state index is 12.9. The summed E-state index contributed by atoms with van der Waals surface area (Å²) in [7, 11) is 1.63. The van der Waals surface area contributed by atoms with Gasteiger partial charge in [-0.05, 0) is 31.0 Å². The first-order valence-electron chi connectivity index (χ1n) is 17.0. The van der Waals surface area contributed by atoms with Crippen LogP contribution in [0, 0.1) is 0 Å². The van der Waals surface area contributed by atoms with E-state index in [9.17, 15) is 9.90 Å². The molecule has 6 heteroatoms. The number of likely N-dealkylation sites (N-methyl/N-ethyl adjacent to an activating group) is 1. The molecule has 1 atom stereocenters. The highest BCUT2D eigenvalue weighted by Crippen LogP contribution is 2.30. The molecule has 238 valence electrons. The van der Waals surface area contributed by atoms with Crippen LogP contribution < -0.4 is 9.47 Å². The van der Waals surface area contributed by atoms with Gasteiger partial charge in [0.25, 0.3) is 5.91 Å². The Hall–Kier alpha value is -1.79. The van der Waals surface area contributed by atoms with Crippen LogP contribution in [-0.4, -0.2) is 60.5 Å². The number of unbranched alkanes of at least 4 members (excludes halogenated alkanes) is 18. The molecule has 41 heavy (non-hydrogen) atoms. The highest BCUT2D eigenvalue weighted by atomic mass is 16.5. The number of benzene rings is 1. The monoisotopic (exact) mass is 577 g/mol. The van der Waals surface area contributed by atoms with Crippen LogP contribution in [0.1, 0.15) is 153 Å². The molecule has 0 aliphatic carbocycles. The number of amides is 1. The molecule has 1 unspecified atom stereocenters. The average molecular weight is 578 g/mol. The summed E-state index contributed by atoms with van der Waals surface area (Å²) in [4.78, 5) is 14.3. The Balaban J connectivity index is 2.50. The lowest BCUT2D eigenvalue weighted by molar-refractivity contribution is 0.0520. The second-order valence-electron chi connectivity index (χ2n) is 11.7. The predicted molar refractivity (Wildman–Crippen MR) is 171 cm³/mol. The summed E-state index contributed by atoms with van der Waals surface area (Å²) in [5.74, 6) is 1.07. The average Bonchev–Trinajstić information content (AvgIpc) is 2.98. The van der Waals surface area contributed by atoms with Crippen LogP contribution in [0.4, 0.5) is 0 Å². The summed E-state index contributed by atoms with van der Waals surface area (Å²) in [5, 5.41) is 18.9. The predicted octanol–water partition coefficient (Wildman–Crippen LogP) is 8.71. The molecule has 0 saturated heterocycles. The molecule has 0 aromatic heterocycles. The summed E-state index contributed by atoms with van der Waals surface area (Å²) in [6, 6.07) is 5.34. The third-order valence-corrected chi connectivity index (χ3v) is 7.74. The number of nitrogens with zero attached hydrogens (tertiary/aromatic N) is 1. The van der Waals surface area contributed by atoms with E-state index in [1.165, 1.54) is 108 Å². The summed E-state index contributed by atoms with van der Waals surface area (Å²) in [6.45, 7) is 5.45. The van der Waals surface area contributed by atoms with Crippen molar-refractivity contribution in [3.05, 3.63) is 23.8 Å². The number of ether oxygens (including phenoxy) is 2. The first-order valence-corrected chi connectivity index (χ1v) is 17.0. The molecule has 0 spiro atoms. The third kappa shape index (κ3) is 19.1. The SMILES string of the molecule is CCCCCCCCCCCCOc1ccc(C(=O)N(C)CC(O)CO)cc1OCCCCCCCCCCCC. The molecule has 0 aliphatic rings. The zero-order valence-corrected chi connectivity index (χ0v) is 26.8. The molecule has 0 aliphatic heterocycles. The fourth-order valence-electron chi connectivity index (χ4n) is 5.09. The minimum Gasteiger partial charge on any atom is -0.490 e. The molecule has 1 aromatic carbocycles. The van der Waals surface area contributed by atoms with E-state index in [0.29, 0.717) is 30.3 Å². The van der Waals surface area contributed by atoms with Crippen molar-refractivity contribution in [2.24, 2.45) is 0 Å². The third-order valence-electron chi connectivity index (χ3n) is 7.74. The molecule has 2 N–H and O–H groups in total. The Morgan fingerprint density at radius 1 is 0.683 bits per heavy atom.